The van der Waals surface area contributed by atoms with E-state index in [0.717, 1.165) is 35.9 Å². The van der Waals surface area contributed by atoms with Gasteiger partial charge in [0.1, 0.15) is 17.3 Å². The predicted octanol–water partition coefficient (Wildman–Crippen LogP) is -0.700. The molecule has 0 radical (unpaired) electrons. The van der Waals surface area contributed by atoms with Crippen molar-refractivity contribution < 1.29 is 39.5 Å². The van der Waals surface area contributed by atoms with Gasteiger partial charge >= 0.3 is 29.6 Å². The van der Waals surface area contributed by atoms with Gasteiger partial charge in [0.05, 0.1) is 21.6 Å². The van der Waals surface area contributed by atoms with Crippen molar-refractivity contribution in [1.29, 1.82) is 0 Å². The van der Waals surface area contributed by atoms with E-state index in [0.29, 0.717) is 28.0 Å². The second kappa shape index (κ2) is 12.4. The summed E-state index contributed by atoms with van der Waals surface area (Å²) in [6.07, 6.45) is 3.78. The second-order valence-corrected chi connectivity index (χ2v) is 8.39. The number of anilines is 2. The number of imidazole rings is 1. The average molecular weight is 507 g/mol. The summed E-state index contributed by atoms with van der Waals surface area (Å²) in [7, 11) is 5.88. The first-order chi connectivity index (χ1) is 16.2. The van der Waals surface area contributed by atoms with Crippen LogP contribution in [0.2, 0.25) is 5.02 Å². The molecule has 0 fully saturated rings. The number of hydrogen-bond acceptors (Lipinski definition) is 7. The van der Waals surface area contributed by atoms with Crippen LogP contribution < -0.4 is 49.9 Å². The number of likely N-dealkylation sites (N-methyl/N-ethyl adjacent to an activating group) is 1. The van der Waals surface area contributed by atoms with Crippen molar-refractivity contribution in [1.82, 2.24) is 19.1 Å². The van der Waals surface area contributed by atoms with Crippen LogP contribution in [0.15, 0.2) is 41.5 Å². The number of aromatic nitrogens is 4. The molecule has 4 aromatic rings. The van der Waals surface area contributed by atoms with Crippen molar-refractivity contribution in [3.63, 3.8) is 0 Å². The van der Waals surface area contributed by atoms with Gasteiger partial charge in [-0.2, -0.15) is 0 Å². The van der Waals surface area contributed by atoms with E-state index in [2.05, 4.69) is 25.9 Å². The summed E-state index contributed by atoms with van der Waals surface area (Å²) in [5.74, 6) is 1.80. The molecule has 0 amide bonds. The summed E-state index contributed by atoms with van der Waals surface area (Å²) in [5, 5.41) is 10.1. The number of benzene rings is 1. The fourth-order valence-corrected chi connectivity index (χ4v) is 4.36. The molecule has 11 heteroatoms. The Morgan fingerprint density at radius 1 is 1.14 bits per heavy atom. The maximum Gasteiger partial charge on any atom is 1.00 e. The van der Waals surface area contributed by atoms with Gasteiger partial charge in [-0.1, -0.05) is 11.6 Å². The number of carbonyl (C=O) groups excluding carboxylic acids is 1. The molecule has 0 spiro atoms. The molecule has 3 heterocycles. The van der Waals surface area contributed by atoms with E-state index in [1.807, 2.05) is 63.6 Å². The van der Waals surface area contributed by atoms with E-state index in [1.54, 1.807) is 6.07 Å². The van der Waals surface area contributed by atoms with Gasteiger partial charge in [-0.15, -0.1) is 0 Å². The minimum atomic E-state index is -0.500. The summed E-state index contributed by atoms with van der Waals surface area (Å²) < 4.78 is 4.20. The minimum Gasteiger partial charge on any atom is -0.554 e. The number of carboxylic acid groups (broad SMARTS) is 1. The van der Waals surface area contributed by atoms with Crippen LogP contribution in [-0.2, 0) is 17.9 Å². The van der Waals surface area contributed by atoms with Gasteiger partial charge in [0.25, 0.3) is 0 Å². The molecule has 0 bridgehead atoms. The Hall–Kier alpha value is -2.59. The Bertz CT molecular complexity index is 1390. The Balaban J connectivity index is 0.00000103. The zero-order valence-corrected chi connectivity index (χ0v) is 23.7. The first kappa shape index (κ1) is 28.6. The molecule has 180 valence electrons. The third-order valence-electron chi connectivity index (χ3n) is 5.73. The molecule has 0 aliphatic carbocycles. The molecular weight excluding hydrogens is 479 g/mol. The van der Waals surface area contributed by atoms with Crippen LogP contribution in [0.25, 0.3) is 21.9 Å². The topological polar surface area (TPSA) is 99.3 Å². The van der Waals surface area contributed by atoms with Crippen LogP contribution in [0.3, 0.4) is 0 Å². The molecular formula is C24H28ClN6NaO3. The van der Waals surface area contributed by atoms with Crippen molar-refractivity contribution in [3.8, 4) is 0 Å². The third-order valence-corrected chi connectivity index (χ3v) is 6.04. The summed E-state index contributed by atoms with van der Waals surface area (Å²) in [5.41, 5.74) is 2.30. The molecule has 4 rings (SSSR count). The number of nitrogens with zero attached hydrogens (tertiary/aromatic N) is 6. The van der Waals surface area contributed by atoms with E-state index < -0.39 is 6.47 Å². The fraction of sp³-hybridized carbons (Fsp3) is 0.333. The monoisotopic (exact) mass is 506 g/mol. The van der Waals surface area contributed by atoms with Gasteiger partial charge in [-0.05, 0) is 38.1 Å². The van der Waals surface area contributed by atoms with Crippen LogP contribution in [0.1, 0.15) is 12.7 Å². The zero-order chi connectivity index (χ0) is 25.0. The maximum absolute atomic E-state index is 13.3. The van der Waals surface area contributed by atoms with Crippen molar-refractivity contribution in [2.24, 2.45) is 0 Å². The van der Waals surface area contributed by atoms with E-state index in [-0.39, 0.29) is 35.0 Å². The zero-order valence-electron chi connectivity index (χ0n) is 20.9. The SMILES string of the molecule is CCn1c2nc(N(C)CCn3ccnc3C)ccc2c(=O)c2ccc(Cl)c(N(C)C)c21.O=C[O-].[Na+]. The quantitative estimate of drug-likeness (QED) is 0.194. The maximum atomic E-state index is 13.3. The summed E-state index contributed by atoms with van der Waals surface area (Å²) in [4.78, 5) is 34.8. The molecule has 3 aromatic heterocycles. The average Bonchev–Trinajstić information content (AvgIpc) is 3.22. The standard InChI is InChI=1S/C23H27ClN6O.CH2O2.Na/c1-6-30-20-16(7-9-18(24)21(20)27(3)4)22(31)17-8-10-19(26-23(17)30)28(5)13-14-29-12-11-25-15(29)2;2-1-3;/h7-12H,6,13-14H2,1-5H3;1H,(H,2,3);/q;;+1/p-1. The van der Waals surface area contributed by atoms with Crippen molar-refractivity contribution in [3.05, 3.63) is 57.7 Å². The Labute approximate surface area is 231 Å². The van der Waals surface area contributed by atoms with Crippen molar-refractivity contribution in [2.45, 2.75) is 26.9 Å². The Kier molecular flexibility index (Phi) is 10.1. The van der Waals surface area contributed by atoms with E-state index in [9.17, 15) is 4.79 Å². The Morgan fingerprint density at radius 3 is 2.37 bits per heavy atom. The summed E-state index contributed by atoms with van der Waals surface area (Å²) in [6, 6.07) is 7.40. The Morgan fingerprint density at radius 2 is 1.80 bits per heavy atom. The number of pyridine rings is 2. The van der Waals surface area contributed by atoms with Crippen LogP contribution in [0, 0.1) is 6.92 Å². The van der Waals surface area contributed by atoms with Crippen LogP contribution >= 0.6 is 11.6 Å². The second-order valence-electron chi connectivity index (χ2n) is 7.99. The number of rotatable bonds is 6. The number of halogens is 1. The van der Waals surface area contributed by atoms with Gasteiger partial charge < -0.3 is 28.8 Å². The number of hydrogen-bond donors (Lipinski definition) is 0. The number of carbonyl (C=O) groups is 1. The molecule has 35 heavy (non-hydrogen) atoms. The van der Waals surface area contributed by atoms with Gasteiger partial charge in [0, 0.05) is 65.0 Å². The van der Waals surface area contributed by atoms with Crippen molar-refractivity contribution in [2.75, 3.05) is 37.5 Å². The molecule has 0 unspecified atom stereocenters. The van der Waals surface area contributed by atoms with Gasteiger partial charge in [0.2, 0.25) is 0 Å². The normalized spacial score (nSPS) is 10.5. The van der Waals surface area contributed by atoms with E-state index >= 15 is 0 Å². The van der Waals surface area contributed by atoms with E-state index in [4.69, 9.17) is 26.5 Å². The smallest absolute Gasteiger partial charge is 0.554 e. The number of fused-ring (bicyclic) bond motifs is 2. The molecule has 0 saturated heterocycles. The van der Waals surface area contributed by atoms with Gasteiger partial charge in [0.15, 0.2) is 5.43 Å². The molecule has 0 N–H and O–H groups in total. The van der Waals surface area contributed by atoms with Gasteiger partial charge in [-0.3, -0.25) is 4.79 Å². The largest absolute Gasteiger partial charge is 1.00 e. The molecule has 0 saturated carbocycles. The first-order valence-electron chi connectivity index (χ1n) is 10.8. The summed E-state index contributed by atoms with van der Waals surface area (Å²) >= 11 is 6.52. The van der Waals surface area contributed by atoms with Crippen LogP contribution in [0.5, 0.6) is 0 Å². The molecule has 9 nitrogen and oxygen atoms in total. The molecule has 1 aromatic carbocycles. The molecule has 0 aliphatic rings. The molecule has 0 aliphatic heterocycles. The van der Waals surface area contributed by atoms with Gasteiger partial charge in [-0.25, -0.2) is 9.97 Å². The van der Waals surface area contributed by atoms with Crippen LogP contribution in [0.4, 0.5) is 11.5 Å². The number of aryl methyl sites for hydroxylation is 2. The van der Waals surface area contributed by atoms with E-state index in [1.165, 1.54) is 0 Å². The predicted molar refractivity (Wildman–Crippen MR) is 135 cm³/mol. The van der Waals surface area contributed by atoms with Crippen molar-refractivity contribution >= 4 is 51.5 Å². The summed E-state index contributed by atoms with van der Waals surface area (Å²) in [6.45, 7) is 5.80. The fourth-order valence-electron chi connectivity index (χ4n) is 4.04. The third kappa shape index (κ3) is 5.81. The molecule has 0 atom stereocenters. The minimum absolute atomic E-state index is 0. The van der Waals surface area contributed by atoms with Crippen LogP contribution in [-0.4, -0.2) is 53.3 Å². The first-order valence-corrected chi connectivity index (χ1v) is 11.2.